The number of rotatable bonds is 9. The zero-order chi connectivity index (χ0) is 21.7. The van der Waals surface area contributed by atoms with Gasteiger partial charge >= 0.3 is 12.5 Å². The highest BCUT2D eigenvalue weighted by Gasteiger charge is 2.36. The molecule has 2 aromatic rings. The first-order chi connectivity index (χ1) is 13.5. The van der Waals surface area contributed by atoms with E-state index in [4.69, 9.17) is 4.74 Å². The van der Waals surface area contributed by atoms with E-state index in [0.717, 1.165) is 12.0 Å². The average molecular weight is 424 g/mol. The van der Waals surface area contributed by atoms with Gasteiger partial charge in [-0.25, -0.2) is 8.78 Å². The Bertz CT molecular complexity index is 810. The van der Waals surface area contributed by atoms with Crippen molar-refractivity contribution in [1.29, 1.82) is 0 Å². The van der Waals surface area contributed by atoms with Crippen molar-refractivity contribution in [2.45, 2.75) is 25.3 Å². The quantitative estimate of drug-likeness (QED) is 0.363. The molecule has 0 radical (unpaired) electrons. The van der Waals surface area contributed by atoms with Gasteiger partial charge in [-0.15, -0.1) is 19.8 Å². The molecule has 0 heterocycles. The van der Waals surface area contributed by atoms with E-state index in [-0.39, 0.29) is 17.9 Å². The second kappa shape index (κ2) is 9.06. The molecular formula is C19H15F7O3. The summed E-state index contributed by atoms with van der Waals surface area (Å²) < 4.78 is 103. The third-order valence-corrected chi connectivity index (χ3v) is 3.42. The van der Waals surface area contributed by atoms with Crippen LogP contribution in [-0.4, -0.2) is 19.1 Å². The van der Waals surface area contributed by atoms with Crippen LogP contribution in [0.4, 0.5) is 30.7 Å². The number of ether oxygens (including phenoxy) is 3. The van der Waals surface area contributed by atoms with Crippen molar-refractivity contribution in [3.05, 3.63) is 66.3 Å². The molecule has 0 aliphatic carbocycles. The van der Waals surface area contributed by atoms with Gasteiger partial charge in [0.1, 0.15) is 11.5 Å². The van der Waals surface area contributed by atoms with Gasteiger partial charge in [0.2, 0.25) is 5.75 Å². The smallest absolute Gasteiger partial charge is 0.483 e. The molecule has 29 heavy (non-hydrogen) atoms. The second-order valence-corrected chi connectivity index (χ2v) is 5.76. The number of hydrogen-bond donors (Lipinski definition) is 0. The van der Waals surface area contributed by atoms with Gasteiger partial charge in [0.15, 0.2) is 18.2 Å². The second-order valence-electron chi connectivity index (χ2n) is 5.76. The summed E-state index contributed by atoms with van der Waals surface area (Å²) in [7, 11) is 0. The first kappa shape index (κ1) is 22.4. The van der Waals surface area contributed by atoms with E-state index in [2.05, 4.69) is 16.1 Å². The van der Waals surface area contributed by atoms with Gasteiger partial charge in [-0.05, 0) is 30.5 Å². The van der Waals surface area contributed by atoms with Crippen molar-refractivity contribution in [2.24, 2.45) is 0 Å². The molecule has 0 saturated carbocycles. The molecule has 0 amide bonds. The Morgan fingerprint density at radius 2 is 1.45 bits per heavy atom. The molecule has 3 nitrogen and oxygen atoms in total. The summed E-state index contributed by atoms with van der Waals surface area (Å²) in [5.41, 5.74) is 0.937. The highest BCUT2D eigenvalue weighted by molar-refractivity contribution is 5.35. The fourth-order valence-electron chi connectivity index (χ4n) is 2.20. The average Bonchev–Trinajstić information content (AvgIpc) is 2.61. The Morgan fingerprint density at radius 1 is 0.862 bits per heavy atom. The van der Waals surface area contributed by atoms with Crippen molar-refractivity contribution in [1.82, 2.24) is 0 Å². The number of alkyl halides is 5. The Labute approximate surface area is 161 Å². The van der Waals surface area contributed by atoms with E-state index in [0.29, 0.717) is 6.42 Å². The molecule has 0 unspecified atom stereocenters. The van der Waals surface area contributed by atoms with E-state index in [1.54, 1.807) is 18.2 Å². The predicted octanol–water partition coefficient (Wildman–Crippen LogP) is 6.03. The van der Waals surface area contributed by atoms with E-state index >= 15 is 0 Å². The molecule has 0 bridgehead atoms. The number of aryl methyl sites for hydroxylation is 1. The minimum absolute atomic E-state index is 0.0990. The molecule has 10 heteroatoms. The third-order valence-electron chi connectivity index (χ3n) is 3.42. The largest absolute Gasteiger partial charge is 0.573 e. The summed E-state index contributed by atoms with van der Waals surface area (Å²) in [5.74, 6) is -6.43. The lowest BCUT2D eigenvalue weighted by Gasteiger charge is -2.19. The van der Waals surface area contributed by atoms with Gasteiger partial charge < -0.3 is 14.2 Å². The summed E-state index contributed by atoms with van der Waals surface area (Å²) in [5, 5.41) is 0. The molecular weight excluding hydrogens is 409 g/mol. The van der Waals surface area contributed by atoms with Gasteiger partial charge in [-0.3, -0.25) is 0 Å². The van der Waals surface area contributed by atoms with Crippen molar-refractivity contribution >= 4 is 0 Å². The van der Waals surface area contributed by atoms with Crippen LogP contribution in [0.5, 0.6) is 17.2 Å². The summed E-state index contributed by atoms with van der Waals surface area (Å²) in [4.78, 5) is 0. The maximum Gasteiger partial charge on any atom is 0.573 e. The molecule has 0 aliphatic heterocycles. The molecule has 0 saturated heterocycles. The highest BCUT2D eigenvalue weighted by atomic mass is 19.4. The molecule has 2 aromatic carbocycles. The van der Waals surface area contributed by atoms with E-state index in [1.807, 2.05) is 0 Å². The highest BCUT2D eigenvalue weighted by Crippen LogP contribution is 2.33. The molecule has 0 aromatic heterocycles. The monoisotopic (exact) mass is 424 g/mol. The molecule has 0 fully saturated rings. The zero-order valence-electron chi connectivity index (χ0n) is 14.7. The van der Waals surface area contributed by atoms with Crippen LogP contribution in [0.3, 0.4) is 0 Å². The van der Waals surface area contributed by atoms with Crippen LogP contribution >= 0.6 is 0 Å². The maximum absolute atomic E-state index is 13.9. The maximum atomic E-state index is 13.9. The molecule has 0 aliphatic rings. The van der Waals surface area contributed by atoms with Crippen LogP contribution in [0.2, 0.25) is 0 Å². The van der Waals surface area contributed by atoms with Crippen LogP contribution in [0, 0.1) is 11.6 Å². The van der Waals surface area contributed by atoms with Gasteiger partial charge in [0.25, 0.3) is 0 Å². The van der Waals surface area contributed by atoms with Gasteiger partial charge in [0, 0.05) is 12.1 Å². The molecule has 0 N–H and O–H groups in total. The third kappa shape index (κ3) is 7.20. The Morgan fingerprint density at radius 3 is 1.97 bits per heavy atom. The minimum Gasteiger partial charge on any atom is -0.483 e. The lowest BCUT2D eigenvalue weighted by molar-refractivity contribution is -0.276. The first-order valence-corrected chi connectivity index (χ1v) is 8.13. The number of halogens is 7. The van der Waals surface area contributed by atoms with Crippen molar-refractivity contribution < 1.29 is 44.9 Å². The van der Waals surface area contributed by atoms with Crippen LogP contribution < -0.4 is 14.2 Å². The van der Waals surface area contributed by atoms with Crippen LogP contribution in [0.15, 0.2) is 49.1 Å². The van der Waals surface area contributed by atoms with Crippen LogP contribution in [0.1, 0.15) is 12.0 Å². The van der Waals surface area contributed by atoms with Crippen LogP contribution in [0.25, 0.3) is 0 Å². The molecule has 0 spiro atoms. The van der Waals surface area contributed by atoms with E-state index in [9.17, 15) is 30.7 Å². The Kier molecular flexibility index (Phi) is 6.99. The first-order valence-electron chi connectivity index (χ1n) is 8.13. The molecule has 0 atom stereocenters. The SMILES string of the molecule is C=CCCc1ccc(OCC(F)(F)Oc2cc(F)c(OC(F)(F)F)c(F)c2)cc1. The number of allylic oxidation sites excluding steroid dienone is 1. The van der Waals surface area contributed by atoms with Crippen LogP contribution in [-0.2, 0) is 6.42 Å². The number of hydrogen-bond acceptors (Lipinski definition) is 3. The molecule has 158 valence electrons. The van der Waals surface area contributed by atoms with Crippen molar-refractivity contribution in [3.8, 4) is 17.2 Å². The van der Waals surface area contributed by atoms with Crippen molar-refractivity contribution in [3.63, 3.8) is 0 Å². The summed E-state index contributed by atoms with van der Waals surface area (Å²) >= 11 is 0. The molecule has 2 rings (SSSR count). The van der Waals surface area contributed by atoms with Crippen molar-refractivity contribution in [2.75, 3.05) is 6.61 Å². The summed E-state index contributed by atoms with van der Waals surface area (Å²) in [6.07, 6.45) is -6.19. The predicted molar refractivity (Wildman–Crippen MR) is 89.1 cm³/mol. The topological polar surface area (TPSA) is 27.7 Å². The summed E-state index contributed by atoms with van der Waals surface area (Å²) in [6.45, 7) is 2.29. The van der Waals surface area contributed by atoms with Gasteiger partial charge in [0.05, 0.1) is 0 Å². The Hall–Kier alpha value is -2.91. The lowest BCUT2D eigenvalue weighted by atomic mass is 10.1. The van der Waals surface area contributed by atoms with Gasteiger partial charge in [-0.1, -0.05) is 18.2 Å². The normalized spacial score (nSPS) is 11.8. The van der Waals surface area contributed by atoms with E-state index in [1.165, 1.54) is 12.1 Å². The summed E-state index contributed by atoms with van der Waals surface area (Å²) in [6, 6.07) is 6.54. The zero-order valence-corrected chi connectivity index (χ0v) is 14.7. The lowest BCUT2D eigenvalue weighted by Crippen LogP contribution is -2.32. The standard InChI is InChI=1S/C19H15F7O3/c1-2-3-4-12-5-7-13(8-6-12)27-11-18(22,23)28-14-9-15(20)17(16(21)10-14)29-19(24,25)26/h2,5-10H,1,3-4,11H2. The Balaban J connectivity index is 2.00. The fourth-order valence-corrected chi connectivity index (χ4v) is 2.20. The number of benzene rings is 2. The van der Waals surface area contributed by atoms with E-state index < -0.39 is 42.2 Å². The minimum atomic E-state index is -5.36. The fraction of sp³-hybridized carbons (Fsp3) is 0.263. The van der Waals surface area contributed by atoms with Gasteiger partial charge in [-0.2, -0.15) is 8.78 Å².